The highest BCUT2D eigenvalue weighted by molar-refractivity contribution is 6.30. The van der Waals surface area contributed by atoms with Crippen molar-refractivity contribution in [2.45, 2.75) is 51.6 Å². The van der Waals surface area contributed by atoms with Gasteiger partial charge in [-0.1, -0.05) is 18.0 Å². The van der Waals surface area contributed by atoms with Gasteiger partial charge in [0, 0.05) is 25.2 Å². The van der Waals surface area contributed by atoms with Crippen LogP contribution in [0.25, 0.3) is 0 Å². The van der Waals surface area contributed by atoms with Crippen LogP contribution in [0.15, 0.2) is 12.4 Å². The van der Waals surface area contributed by atoms with E-state index in [9.17, 15) is 4.79 Å². The number of carbonyl (C=O) groups excluding carboxylic acids is 1. The third-order valence-electron chi connectivity index (χ3n) is 4.99. The van der Waals surface area contributed by atoms with Crippen LogP contribution in [0.3, 0.4) is 0 Å². The molecule has 0 unspecified atom stereocenters. The van der Waals surface area contributed by atoms with Gasteiger partial charge in [-0.25, -0.2) is 0 Å². The summed E-state index contributed by atoms with van der Waals surface area (Å²) < 4.78 is 1.71. The first-order valence-electron chi connectivity index (χ1n) is 7.59. The first-order valence-corrected chi connectivity index (χ1v) is 7.97. The Labute approximate surface area is 124 Å². The molecule has 2 bridgehead atoms. The maximum atomic E-state index is 12.0. The van der Waals surface area contributed by atoms with Crippen LogP contribution in [0.2, 0.25) is 5.02 Å². The Kier molecular flexibility index (Phi) is 4.01. The number of aryl methyl sites for hydroxylation is 1. The van der Waals surface area contributed by atoms with Crippen LogP contribution < -0.4 is 5.32 Å². The van der Waals surface area contributed by atoms with Gasteiger partial charge in [-0.2, -0.15) is 5.10 Å². The summed E-state index contributed by atoms with van der Waals surface area (Å²) in [6, 6.07) is 0.305. The highest BCUT2D eigenvalue weighted by Crippen LogP contribution is 2.49. The highest BCUT2D eigenvalue weighted by atomic mass is 35.5. The maximum absolute atomic E-state index is 12.0. The van der Waals surface area contributed by atoms with E-state index in [1.54, 1.807) is 17.1 Å². The largest absolute Gasteiger partial charge is 0.353 e. The molecule has 1 aromatic heterocycles. The first-order chi connectivity index (χ1) is 9.61. The molecule has 20 heavy (non-hydrogen) atoms. The van der Waals surface area contributed by atoms with E-state index in [0.29, 0.717) is 29.9 Å². The zero-order valence-corrected chi connectivity index (χ0v) is 12.6. The third kappa shape index (κ3) is 3.00. The molecule has 2 saturated carbocycles. The van der Waals surface area contributed by atoms with E-state index >= 15 is 0 Å². The van der Waals surface area contributed by atoms with Crippen LogP contribution in [0.1, 0.15) is 39.0 Å². The van der Waals surface area contributed by atoms with Gasteiger partial charge in [0.25, 0.3) is 0 Å². The number of hydrogen-bond donors (Lipinski definition) is 1. The minimum absolute atomic E-state index is 0.117. The summed E-state index contributed by atoms with van der Waals surface area (Å²) in [4.78, 5) is 12.0. The molecule has 2 aliphatic rings. The summed E-state index contributed by atoms with van der Waals surface area (Å²) in [5.74, 6) is 2.58. The van der Waals surface area contributed by atoms with Gasteiger partial charge in [0.1, 0.15) is 0 Å². The molecule has 0 aromatic carbocycles. The average molecular weight is 296 g/mol. The molecular formula is C15H22ClN3O. The van der Waals surface area contributed by atoms with E-state index in [-0.39, 0.29) is 5.91 Å². The van der Waals surface area contributed by atoms with Gasteiger partial charge in [0.05, 0.1) is 11.2 Å². The number of rotatable bonds is 5. The summed E-state index contributed by atoms with van der Waals surface area (Å²) in [6.07, 6.45) is 9.26. The van der Waals surface area contributed by atoms with Gasteiger partial charge < -0.3 is 5.32 Å². The number of carbonyl (C=O) groups is 1. The summed E-state index contributed by atoms with van der Waals surface area (Å²) in [7, 11) is 0. The minimum atomic E-state index is 0.117. The summed E-state index contributed by atoms with van der Waals surface area (Å²) in [5, 5.41) is 7.86. The Bertz CT molecular complexity index is 487. The molecule has 4 nitrogen and oxygen atoms in total. The standard InChI is InChI=1S/C15H22ClN3O/c1-10(14-7-11-2-3-12(14)6-11)18-15(20)4-5-19-9-13(16)8-17-19/h8-12,14H,2-7H2,1H3,(H,18,20)/t10-,11+,12+,14-/m1/s1. The number of halogens is 1. The molecule has 2 aliphatic carbocycles. The van der Waals surface area contributed by atoms with Crippen molar-refractivity contribution in [3.05, 3.63) is 17.4 Å². The van der Waals surface area contributed by atoms with E-state index in [4.69, 9.17) is 11.6 Å². The lowest BCUT2D eigenvalue weighted by atomic mass is 9.84. The summed E-state index contributed by atoms with van der Waals surface area (Å²) in [5.41, 5.74) is 0. The first kappa shape index (κ1) is 13.9. The number of aromatic nitrogens is 2. The highest BCUT2D eigenvalue weighted by Gasteiger charge is 2.41. The monoisotopic (exact) mass is 295 g/mol. The smallest absolute Gasteiger partial charge is 0.222 e. The molecule has 1 N–H and O–H groups in total. The fraction of sp³-hybridized carbons (Fsp3) is 0.733. The molecule has 0 spiro atoms. The van der Waals surface area contributed by atoms with Crippen LogP contribution in [0, 0.1) is 17.8 Å². The quantitative estimate of drug-likeness (QED) is 0.908. The molecule has 4 atom stereocenters. The summed E-state index contributed by atoms with van der Waals surface area (Å²) in [6.45, 7) is 2.75. The van der Waals surface area contributed by atoms with Crippen molar-refractivity contribution in [2.75, 3.05) is 0 Å². The molecule has 1 aromatic rings. The van der Waals surface area contributed by atoms with Crippen molar-refractivity contribution in [3.8, 4) is 0 Å². The zero-order valence-electron chi connectivity index (χ0n) is 11.9. The van der Waals surface area contributed by atoms with Crippen molar-refractivity contribution in [2.24, 2.45) is 17.8 Å². The Morgan fingerprint density at radius 1 is 1.55 bits per heavy atom. The van der Waals surface area contributed by atoms with Crippen molar-refractivity contribution in [1.29, 1.82) is 0 Å². The molecule has 0 aliphatic heterocycles. The van der Waals surface area contributed by atoms with Gasteiger partial charge in [-0.3, -0.25) is 9.48 Å². The van der Waals surface area contributed by atoms with Gasteiger partial charge >= 0.3 is 0 Å². The average Bonchev–Trinajstić information content (AvgIpc) is 3.12. The lowest BCUT2D eigenvalue weighted by Crippen LogP contribution is -2.40. The molecule has 110 valence electrons. The molecule has 1 amide bonds. The minimum Gasteiger partial charge on any atom is -0.353 e. The number of hydrogen-bond acceptors (Lipinski definition) is 2. The fourth-order valence-corrected chi connectivity index (χ4v) is 4.17. The van der Waals surface area contributed by atoms with Gasteiger partial charge in [-0.15, -0.1) is 0 Å². The Hall–Kier alpha value is -1.03. The van der Waals surface area contributed by atoms with Crippen LogP contribution in [-0.4, -0.2) is 21.7 Å². The van der Waals surface area contributed by atoms with Crippen LogP contribution in [-0.2, 0) is 11.3 Å². The van der Waals surface area contributed by atoms with Crippen molar-refractivity contribution in [3.63, 3.8) is 0 Å². The van der Waals surface area contributed by atoms with E-state index in [2.05, 4.69) is 17.3 Å². The SMILES string of the molecule is C[C@@H](NC(=O)CCn1cc(Cl)cn1)[C@H]1C[C@H]2CC[C@H]1C2. The van der Waals surface area contributed by atoms with E-state index in [1.807, 2.05) is 0 Å². The number of nitrogens with zero attached hydrogens (tertiary/aromatic N) is 2. The number of amides is 1. The molecule has 0 radical (unpaired) electrons. The Morgan fingerprint density at radius 2 is 2.40 bits per heavy atom. The van der Waals surface area contributed by atoms with Crippen molar-refractivity contribution >= 4 is 17.5 Å². The lowest BCUT2D eigenvalue weighted by Gasteiger charge is -2.28. The molecular weight excluding hydrogens is 274 g/mol. The summed E-state index contributed by atoms with van der Waals surface area (Å²) >= 11 is 5.80. The number of fused-ring (bicyclic) bond motifs is 2. The van der Waals surface area contributed by atoms with Crippen molar-refractivity contribution < 1.29 is 4.79 Å². The van der Waals surface area contributed by atoms with E-state index in [1.165, 1.54) is 25.7 Å². The molecule has 5 heteroatoms. The topological polar surface area (TPSA) is 46.9 Å². The molecule has 1 heterocycles. The van der Waals surface area contributed by atoms with E-state index < -0.39 is 0 Å². The molecule has 2 fully saturated rings. The van der Waals surface area contributed by atoms with Crippen LogP contribution in [0.5, 0.6) is 0 Å². The zero-order chi connectivity index (χ0) is 14.1. The predicted octanol–water partition coefficient (Wildman–Crippen LogP) is 2.87. The lowest BCUT2D eigenvalue weighted by molar-refractivity contribution is -0.122. The molecule has 0 saturated heterocycles. The van der Waals surface area contributed by atoms with Gasteiger partial charge in [-0.05, 0) is 43.9 Å². The van der Waals surface area contributed by atoms with Crippen molar-refractivity contribution in [1.82, 2.24) is 15.1 Å². The number of nitrogens with one attached hydrogen (secondary N) is 1. The maximum Gasteiger partial charge on any atom is 0.222 e. The predicted molar refractivity (Wildman–Crippen MR) is 78.4 cm³/mol. The van der Waals surface area contributed by atoms with Gasteiger partial charge in [0.15, 0.2) is 0 Å². The second-order valence-electron chi connectivity index (χ2n) is 6.37. The Morgan fingerprint density at radius 3 is 3.00 bits per heavy atom. The second kappa shape index (κ2) is 5.76. The van der Waals surface area contributed by atoms with Gasteiger partial charge in [0.2, 0.25) is 5.91 Å². The third-order valence-corrected chi connectivity index (χ3v) is 5.19. The second-order valence-corrected chi connectivity index (χ2v) is 6.80. The van der Waals surface area contributed by atoms with E-state index in [0.717, 1.165) is 11.8 Å². The normalized spacial score (nSPS) is 29.6. The Balaban J connectivity index is 1.44. The molecule has 3 rings (SSSR count). The van der Waals surface area contributed by atoms with Crippen LogP contribution in [0.4, 0.5) is 0 Å². The fourth-order valence-electron chi connectivity index (χ4n) is 4.02. The van der Waals surface area contributed by atoms with Crippen LogP contribution >= 0.6 is 11.6 Å².